The first-order chi connectivity index (χ1) is 8.96. The highest BCUT2D eigenvalue weighted by atomic mass is 32.1. The van der Waals surface area contributed by atoms with Crippen LogP contribution in [0.1, 0.15) is 37.6 Å². The van der Waals surface area contributed by atoms with Gasteiger partial charge in [-0.05, 0) is 37.4 Å². The average Bonchev–Trinajstić information content (AvgIpc) is 2.85. The van der Waals surface area contributed by atoms with E-state index in [1.165, 1.54) is 4.88 Å². The Morgan fingerprint density at radius 3 is 2.74 bits per heavy atom. The van der Waals surface area contributed by atoms with E-state index in [1.807, 2.05) is 0 Å². The van der Waals surface area contributed by atoms with Crippen molar-refractivity contribution in [1.82, 2.24) is 10.2 Å². The highest BCUT2D eigenvalue weighted by molar-refractivity contribution is 7.10. The standard InChI is InChI=1S/C15H25N3S/c1-15(2,8-6-9-16)12-17-11-13(18(3)4)14-7-5-10-19-14/h5,7,10,13,17H,6,8,11-12H2,1-4H3. The summed E-state index contributed by atoms with van der Waals surface area (Å²) in [6, 6.07) is 6.95. The van der Waals surface area contributed by atoms with Crippen molar-refractivity contribution in [3.63, 3.8) is 0 Å². The molecule has 0 radical (unpaired) electrons. The van der Waals surface area contributed by atoms with Gasteiger partial charge in [0, 0.05) is 24.4 Å². The lowest BCUT2D eigenvalue weighted by Gasteiger charge is -2.28. The van der Waals surface area contributed by atoms with Gasteiger partial charge in [0.15, 0.2) is 0 Å². The SMILES string of the molecule is CN(C)C(CNCC(C)(C)CCC#N)c1cccs1. The van der Waals surface area contributed by atoms with Crippen LogP contribution >= 0.6 is 11.3 Å². The van der Waals surface area contributed by atoms with Gasteiger partial charge in [0.25, 0.3) is 0 Å². The van der Waals surface area contributed by atoms with Crippen LogP contribution < -0.4 is 5.32 Å². The van der Waals surface area contributed by atoms with Gasteiger partial charge in [-0.2, -0.15) is 5.26 Å². The molecule has 106 valence electrons. The molecule has 0 aliphatic rings. The second-order valence-electron chi connectivity index (χ2n) is 5.95. The van der Waals surface area contributed by atoms with Crippen molar-refractivity contribution >= 4 is 11.3 Å². The monoisotopic (exact) mass is 279 g/mol. The summed E-state index contributed by atoms with van der Waals surface area (Å²) < 4.78 is 0. The van der Waals surface area contributed by atoms with E-state index < -0.39 is 0 Å². The van der Waals surface area contributed by atoms with E-state index in [0.29, 0.717) is 12.5 Å². The normalized spacial score (nSPS) is 13.5. The van der Waals surface area contributed by atoms with E-state index in [9.17, 15) is 0 Å². The van der Waals surface area contributed by atoms with E-state index in [0.717, 1.165) is 19.5 Å². The molecule has 1 heterocycles. The number of hydrogen-bond acceptors (Lipinski definition) is 4. The molecule has 0 amide bonds. The molecule has 0 aliphatic carbocycles. The molecule has 0 fully saturated rings. The summed E-state index contributed by atoms with van der Waals surface area (Å²) in [5, 5.41) is 14.4. The predicted molar refractivity (Wildman–Crippen MR) is 82.2 cm³/mol. The smallest absolute Gasteiger partial charge is 0.0621 e. The molecule has 0 bridgehead atoms. The van der Waals surface area contributed by atoms with Crippen molar-refractivity contribution in [1.29, 1.82) is 5.26 Å². The number of nitriles is 1. The predicted octanol–water partition coefficient (Wildman–Crippen LogP) is 3.27. The van der Waals surface area contributed by atoms with Gasteiger partial charge < -0.3 is 10.2 Å². The molecule has 1 rings (SSSR count). The Morgan fingerprint density at radius 1 is 1.47 bits per heavy atom. The maximum Gasteiger partial charge on any atom is 0.0621 e. The Hall–Kier alpha value is -0.890. The summed E-state index contributed by atoms with van der Waals surface area (Å²) in [6.45, 7) is 6.33. The van der Waals surface area contributed by atoms with Crippen molar-refractivity contribution in [2.75, 3.05) is 27.2 Å². The largest absolute Gasteiger partial charge is 0.314 e. The van der Waals surface area contributed by atoms with Gasteiger partial charge in [-0.15, -0.1) is 11.3 Å². The summed E-state index contributed by atoms with van der Waals surface area (Å²) in [6.07, 6.45) is 1.58. The van der Waals surface area contributed by atoms with E-state index in [4.69, 9.17) is 5.26 Å². The van der Waals surface area contributed by atoms with Crippen LogP contribution in [0.4, 0.5) is 0 Å². The lowest BCUT2D eigenvalue weighted by molar-refractivity contribution is 0.263. The van der Waals surface area contributed by atoms with Gasteiger partial charge in [0.05, 0.1) is 12.1 Å². The molecule has 0 saturated carbocycles. The fraction of sp³-hybridized carbons (Fsp3) is 0.667. The first-order valence-corrected chi connectivity index (χ1v) is 7.62. The third-order valence-electron chi connectivity index (χ3n) is 3.35. The summed E-state index contributed by atoms with van der Waals surface area (Å²) in [7, 11) is 4.24. The Bertz CT molecular complexity index is 390. The highest BCUT2D eigenvalue weighted by Gasteiger charge is 2.19. The zero-order chi connectivity index (χ0) is 14.3. The number of likely N-dealkylation sites (N-methyl/N-ethyl adjacent to an activating group) is 1. The molecular formula is C15H25N3S. The molecule has 0 spiro atoms. The maximum atomic E-state index is 8.67. The summed E-state index contributed by atoms with van der Waals surface area (Å²) in [4.78, 5) is 3.65. The van der Waals surface area contributed by atoms with Gasteiger partial charge >= 0.3 is 0 Å². The fourth-order valence-electron chi connectivity index (χ4n) is 2.05. The number of nitrogens with zero attached hydrogens (tertiary/aromatic N) is 2. The number of nitrogens with one attached hydrogen (secondary N) is 1. The van der Waals surface area contributed by atoms with Gasteiger partial charge in [-0.1, -0.05) is 19.9 Å². The highest BCUT2D eigenvalue weighted by Crippen LogP contribution is 2.24. The fourth-order valence-corrected chi connectivity index (χ4v) is 2.97. The second kappa shape index (κ2) is 7.64. The summed E-state index contributed by atoms with van der Waals surface area (Å²) >= 11 is 1.81. The number of thiophene rings is 1. The van der Waals surface area contributed by atoms with Crippen LogP contribution in [0.5, 0.6) is 0 Å². The Morgan fingerprint density at radius 2 is 2.21 bits per heavy atom. The zero-order valence-corrected chi connectivity index (χ0v) is 13.3. The van der Waals surface area contributed by atoms with E-state index in [2.05, 4.69) is 61.7 Å². The Kier molecular flexibility index (Phi) is 6.50. The van der Waals surface area contributed by atoms with E-state index in [1.54, 1.807) is 11.3 Å². The lowest BCUT2D eigenvalue weighted by Crippen LogP contribution is -2.36. The average molecular weight is 279 g/mol. The van der Waals surface area contributed by atoms with Crippen LogP contribution in [0.2, 0.25) is 0 Å². The Balaban J connectivity index is 2.44. The number of rotatable bonds is 8. The summed E-state index contributed by atoms with van der Waals surface area (Å²) in [5.41, 5.74) is 0.183. The van der Waals surface area contributed by atoms with Gasteiger partial charge in [-0.3, -0.25) is 0 Å². The molecular weight excluding hydrogens is 254 g/mol. The van der Waals surface area contributed by atoms with Crippen LogP contribution in [0.25, 0.3) is 0 Å². The van der Waals surface area contributed by atoms with Crippen LogP contribution in [0, 0.1) is 16.7 Å². The van der Waals surface area contributed by atoms with Crippen molar-refractivity contribution < 1.29 is 0 Å². The van der Waals surface area contributed by atoms with Crippen molar-refractivity contribution in [3.05, 3.63) is 22.4 Å². The van der Waals surface area contributed by atoms with Crippen LogP contribution in [-0.4, -0.2) is 32.1 Å². The Labute approximate surface area is 121 Å². The third kappa shape index (κ3) is 5.73. The van der Waals surface area contributed by atoms with Crippen molar-refractivity contribution in [2.45, 2.75) is 32.7 Å². The molecule has 0 saturated heterocycles. The molecule has 0 aliphatic heterocycles. The number of hydrogen-bond donors (Lipinski definition) is 1. The molecule has 1 N–H and O–H groups in total. The minimum absolute atomic E-state index is 0.183. The quantitative estimate of drug-likeness (QED) is 0.794. The molecule has 4 heteroatoms. The topological polar surface area (TPSA) is 39.1 Å². The van der Waals surface area contributed by atoms with Crippen LogP contribution in [0.15, 0.2) is 17.5 Å². The molecule has 1 atom stereocenters. The van der Waals surface area contributed by atoms with Gasteiger partial charge in [0.1, 0.15) is 0 Å². The second-order valence-corrected chi connectivity index (χ2v) is 6.93. The zero-order valence-electron chi connectivity index (χ0n) is 12.4. The molecule has 19 heavy (non-hydrogen) atoms. The lowest BCUT2D eigenvalue weighted by atomic mass is 9.88. The third-order valence-corrected chi connectivity index (χ3v) is 4.32. The van der Waals surface area contributed by atoms with Gasteiger partial charge in [-0.25, -0.2) is 0 Å². The molecule has 1 aromatic heterocycles. The van der Waals surface area contributed by atoms with Gasteiger partial charge in [0.2, 0.25) is 0 Å². The van der Waals surface area contributed by atoms with E-state index >= 15 is 0 Å². The minimum atomic E-state index is 0.183. The first-order valence-electron chi connectivity index (χ1n) is 6.74. The minimum Gasteiger partial charge on any atom is -0.314 e. The maximum absolute atomic E-state index is 8.67. The van der Waals surface area contributed by atoms with Crippen molar-refractivity contribution in [2.24, 2.45) is 5.41 Å². The molecule has 1 unspecified atom stereocenters. The van der Waals surface area contributed by atoms with Crippen LogP contribution in [-0.2, 0) is 0 Å². The summed E-state index contributed by atoms with van der Waals surface area (Å²) in [5.74, 6) is 0. The van der Waals surface area contributed by atoms with E-state index in [-0.39, 0.29) is 5.41 Å². The molecule has 0 aromatic carbocycles. The molecule has 1 aromatic rings. The first kappa shape index (κ1) is 16.2. The van der Waals surface area contributed by atoms with Crippen molar-refractivity contribution in [3.8, 4) is 6.07 Å². The van der Waals surface area contributed by atoms with Crippen LogP contribution in [0.3, 0.4) is 0 Å². The molecule has 3 nitrogen and oxygen atoms in total.